The summed E-state index contributed by atoms with van der Waals surface area (Å²) in [7, 11) is 0. The van der Waals surface area contributed by atoms with Gasteiger partial charge in [-0.25, -0.2) is 0 Å². The number of ketones is 1. The number of rotatable bonds is 9. The first kappa shape index (κ1) is 16.8. The van der Waals surface area contributed by atoms with Crippen molar-refractivity contribution in [2.75, 3.05) is 6.61 Å². The first-order chi connectivity index (χ1) is 9.52. The molecule has 0 aromatic carbocycles. The summed E-state index contributed by atoms with van der Waals surface area (Å²) < 4.78 is 1.62. The lowest BCUT2D eigenvalue weighted by Crippen LogP contribution is -2.29. The molecule has 0 aliphatic rings. The van der Waals surface area contributed by atoms with Gasteiger partial charge in [0.1, 0.15) is 12.4 Å². The number of Topliss-reactive ketones (excluding diaryl/α,β-unsaturated/α-hetero) is 1. The number of carbonyl (C=O) groups is 1. The molecule has 1 aromatic rings. The van der Waals surface area contributed by atoms with Crippen molar-refractivity contribution in [3.63, 3.8) is 0 Å². The zero-order valence-corrected chi connectivity index (χ0v) is 12.6. The maximum absolute atomic E-state index is 12.1. The van der Waals surface area contributed by atoms with E-state index in [2.05, 4.69) is 17.1 Å². The van der Waals surface area contributed by atoms with E-state index in [1.807, 2.05) is 13.8 Å². The van der Waals surface area contributed by atoms with Crippen LogP contribution in [0.5, 0.6) is 0 Å². The van der Waals surface area contributed by atoms with Gasteiger partial charge in [-0.05, 0) is 6.42 Å². The number of hydrogen-bond acceptors (Lipinski definition) is 5. The molecule has 0 aliphatic carbocycles. The van der Waals surface area contributed by atoms with E-state index < -0.39 is 6.04 Å². The predicted octanol–water partition coefficient (Wildman–Crippen LogP) is 1.62. The molecule has 0 aliphatic heterocycles. The monoisotopic (exact) mass is 282 g/mol. The minimum atomic E-state index is -0.641. The van der Waals surface area contributed by atoms with Gasteiger partial charge in [-0.1, -0.05) is 40.0 Å². The lowest BCUT2D eigenvalue weighted by Gasteiger charge is -2.20. The average Bonchev–Trinajstić information content (AvgIpc) is 2.88. The van der Waals surface area contributed by atoms with Crippen LogP contribution in [0.4, 0.5) is 0 Å². The van der Waals surface area contributed by atoms with Crippen LogP contribution in [0.2, 0.25) is 0 Å². The van der Waals surface area contributed by atoms with Crippen molar-refractivity contribution in [3.8, 4) is 0 Å². The SMILES string of the molecule is CCCCC[C@H](N)c1nncn1[C@@H](CO)C(=O)C(C)C. The van der Waals surface area contributed by atoms with Crippen LogP contribution in [0, 0.1) is 5.92 Å². The molecule has 1 aromatic heterocycles. The molecule has 0 amide bonds. The highest BCUT2D eigenvalue weighted by atomic mass is 16.3. The summed E-state index contributed by atoms with van der Waals surface area (Å²) in [6.07, 6.45) is 5.56. The maximum atomic E-state index is 12.1. The van der Waals surface area contributed by atoms with Crippen molar-refractivity contribution in [1.82, 2.24) is 14.8 Å². The van der Waals surface area contributed by atoms with Crippen molar-refractivity contribution >= 4 is 5.78 Å². The minimum Gasteiger partial charge on any atom is -0.394 e. The molecule has 0 saturated heterocycles. The van der Waals surface area contributed by atoms with E-state index in [4.69, 9.17) is 5.73 Å². The Bertz CT molecular complexity index is 417. The first-order valence-electron chi connectivity index (χ1n) is 7.32. The Morgan fingerprint density at radius 3 is 2.70 bits per heavy atom. The lowest BCUT2D eigenvalue weighted by atomic mass is 10.0. The highest BCUT2D eigenvalue weighted by Gasteiger charge is 2.26. The molecule has 1 heterocycles. The number of nitrogens with zero attached hydrogens (tertiary/aromatic N) is 3. The Morgan fingerprint density at radius 2 is 2.15 bits per heavy atom. The van der Waals surface area contributed by atoms with Gasteiger partial charge in [0.2, 0.25) is 0 Å². The molecule has 6 heteroatoms. The largest absolute Gasteiger partial charge is 0.394 e. The summed E-state index contributed by atoms with van der Waals surface area (Å²) in [6.45, 7) is 5.51. The summed E-state index contributed by atoms with van der Waals surface area (Å²) in [5.74, 6) is 0.391. The van der Waals surface area contributed by atoms with Crippen molar-refractivity contribution in [2.45, 2.75) is 58.5 Å². The van der Waals surface area contributed by atoms with Gasteiger partial charge in [0.25, 0.3) is 0 Å². The molecule has 0 unspecified atom stereocenters. The number of aliphatic hydroxyl groups is 1. The van der Waals surface area contributed by atoms with E-state index >= 15 is 0 Å². The fourth-order valence-electron chi connectivity index (χ4n) is 2.20. The van der Waals surface area contributed by atoms with Gasteiger partial charge < -0.3 is 15.4 Å². The van der Waals surface area contributed by atoms with Crippen molar-refractivity contribution in [2.24, 2.45) is 11.7 Å². The number of hydrogen-bond donors (Lipinski definition) is 2. The number of aliphatic hydroxyl groups excluding tert-OH is 1. The topological polar surface area (TPSA) is 94.0 Å². The summed E-state index contributed by atoms with van der Waals surface area (Å²) in [4.78, 5) is 12.1. The van der Waals surface area contributed by atoms with E-state index in [0.29, 0.717) is 5.82 Å². The van der Waals surface area contributed by atoms with Gasteiger partial charge in [0.15, 0.2) is 11.6 Å². The zero-order chi connectivity index (χ0) is 15.1. The fourth-order valence-corrected chi connectivity index (χ4v) is 2.20. The van der Waals surface area contributed by atoms with Gasteiger partial charge in [-0.3, -0.25) is 4.79 Å². The van der Waals surface area contributed by atoms with E-state index in [-0.39, 0.29) is 24.3 Å². The van der Waals surface area contributed by atoms with Crippen molar-refractivity contribution in [1.29, 1.82) is 0 Å². The smallest absolute Gasteiger partial charge is 0.160 e. The summed E-state index contributed by atoms with van der Waals surface area (Å²) in [6, 6.07) is -0.893. The Balaban J connectivity index is 2.85. The number of carbonyl (C=O) groups excluding carboxylic acids is 1. The third-order valence-corrected chi connectivity index (χ3v) is 3.46. The van der Waals surface area contributed by atoms with Gasteiger partial charge in [-0.15, -0.1) is 10.2 Å². The summed E-state index contributed by atoms with van der Waals surface area (Å²) >= 11 is 0. The molecule has 2 atom stereocenters. The molecule has 0 bridgehead atoms. The molecule has 114 valence electrons. The minimum absolute atomic E-state index is 0.0330. The molecule has 1 rings (SSSR count). The molecule has 3 N–H and O–H groups in total. The van der Waals surface area contributed by atoms with Crippen LogP contribution in [-0.2, 0) is 4.79 Å². The molecule has 6 nitrogen and oxygen atoms in total. The van der Waals surface area contributed by atoms with E-state index in [0.717, 1.165) is 25.7 Å². The average molecular weight is 282 g/mol. The number of unbranched alkanes of at least 4 members (excludes halogenated alkanes) is 2. The number of aromatic nitrogens is 3. The molecule has 0 radical (unpaired) electrons. The first-order valence-corrected chi connectivity index (χ1v) is 7.32. The maximum Gasteiger partial charge on any atom is 0.160 e. The van der Waals surface area contributed by atoms with Gasteiger partial charge in [0.05, 0.1) is 12.6 Å². The Morgan fingerprint density at radius 1 is 1.45 bits per heavy atom. The predicted molar refractivity (Wildman–Crippen MR) is 77.1 cm³/mol. The van der Waals surface area contributed by atoms with Crippen LogP contribution in [0.1, 0.15) is 64.4 Å². The normalized spacial score (nSPS) is 14.5. The Labute approximate surface area is 120 Å². The van der Waals surface area contributed by atoms with Crippen molar-refractivity contribution in [3.05, 3.63) is 12.2 Å². The van der Waals surface area contributed by atoms with Crippen molar-refractivity contribution < 1.29 is 9.90 Å². The van der Waals surface area contributed by atoms with Gasteiger partial charge >= 0.3 is 0 Å². The fraction of sp³-hybridized carbons (Fsp3) is 0.786. The highest BCUT2D eigenvalue weighted by molar-refractivity contribution is 5.84. The molecule has 0 fully saturated rings. The second-order valence-corrected chi connectivity index (χ2v) is 5.45. The quantitative estimate of drug-likeness (QED) is 0.671. The van der Waals surface area contributed by atoms with Crippen LogP contribution < -0.4 is 5.73 Å². The van der Waals surface area contributed by atoms with Gasteiger partial charge in [-0.2, -0.15) is 0 Å². The Kier molecular flexibility index (Phi) is 6.81. The second-order valence-electron chi connectivity index (χ2n) is 5.45. The van der Waals surface area contributed by atoms with Crippen LogP contribution in [0.3, 0.4) is 0 Å². The Hall–Kier alpha value is -1.27. The molecule has 0 spiro atoms. The number of nitrogens with two attached hydrogens (primary N) is 1. The van der Waals surface area contributed by atoms with Crippen LogP contribution in [-0.4, -0.2) is 32.3 Å². The van der Waals surface area contributed by atoms with E-state index in [1.54, 1.807) is 4.57 Å². The third-order valence-electron chi connectivity index (χ3n) is 3.46. The molecule has 0 saturated carbocycles. The lowest BCUT2D eigenvalue weighted by molar-refractivity contribution is -0.126. The molecular weight excluding hydrogens is 256 g/mol. The molecular formula is C14H26N4O2. The van der Waals surface area contributed by atoms with E-state index in [1.165, 1.54) is 6.33 Å². The third kappa shape index (κ3) is 4.11. The van der Waals surface area contributed by atoms with Crippen LogP contribution >= 0.6 is 0 Å². The summed E-state index contributed by atoms with van der Waals surface area (Å²) in [5, 5.41) is 17.4. The van der Waals surface area contributed by atoms with E-state index in [9.17, 15) is 9.90 Å². The van der Waals surface area contributed by atoms with Crippen LogP contribution in [0.15, 0.2) is 6.33 Å². The highest BCUT2D eigenvalue weighted by Crippen LogP contribution is 2.20. The second kappa shape index (κ2) is 8.11. The zero-order valence-electron chi connectivity index (χ0n) is 12.6. The summed E-state index contributed by atoms with van der Waals surface area (Å²) in [5.41, 5.74) is 6.13. The standard InChI is InChI=1S/C14H26N4O2/c1-4-5-6-7-11(15)14-17-16-9-18(14)12(8-19)13(20)10(2)3/h9-12,19H,4-8,15H2,1-3H3/t11-,12-/m0/s1. The van der Waals surface area contributed by atoms with Crippen LogP contribution in [0.25, 0.3) is 0 Å². The van der Waals surface area contributed by atoms with Gasteiger partial charge in [0, 0.05) is 5.92 Å². The molecule has 20 heavy (non-hydrogen) atoms.